The molecule has 1 N–H and O–H groups in total. The van der Waals surface area contributed by atoms with Gasteiger partial charge in [0, 0.05) is 37.2 Å². The molecule has 3 aromatic heterocycles. The van der Waals surface area contributed by atoms with Crippen molar-refractivity contribution in [2.75, 3.05) is 13.2 Å². The number of fused-ring (bicyclic) bond motifs is 3. The van der Waals surface area contributed by atoms with Gasteiger partial charge in [-0.05, 0) is 62.8 Å². The predicted octanol–water partition coefficient (Wildman–Crippen LogP) is 5.54. The molecule has 6 rings (SSSR count). The summed E-state index contributed by atoms with van der Waals surface area (Å²) in [5.74, 6) is 0.414. The number of pyridine rings is 1. The molecule has 7 nitrogen and oxygen atoms in total. The van der Waals surface area contributed by atoms with Gasteiger partial charge in [-0.15, -0.1) is 5.10 Å². The number of nitrogens with zero attached hydrogens (tertiary/aromatic N) is 5. The van der Waals surface area contributed by atoms with Crippen molar-refractivity contribution in [3.63, 3.8) is 0 Å². The maximum Gasteiger partial charge on any atom is 0.110 e. The maximum absolute atomic E-state index is 10.9. The molecule has 5 aromatic rings. The summed E-state index contributed by atoms with van der Waals surface area (Å²) in [5.41, 5.74) is 6.06. The van der Waals surface area contributed by atoms with E-state index in [-0.39, 0.29) is 6.04 Å². The van der Waals surface area contributed by atoms with Gasteiger partial charge in [0.25, 0.3) is 0 Å². The van der Waals surface area contributed by atoms with Crippen molar-refractivity contribution >= 4 is 21.8 Å². The van der Waals surface area contributed by atoms with Crippen molar-refractivity contribution < 1.29 is 9.84 Å². The second-order valence-electron chi connectivity index (χ2n) is 10.7. The molecule has 0 radical (unpaired) electrons. The highest BCUT2D eigenvalue weighted by Gasteiger charge is 2.31. The van der Waals surface area contributed by atoms with E-state index in [9.17, 15) is 5.11 Å². The molecule has 37 heavy (non-hydrogen) atoms. The molecule has 190 valence electrons. The molecule has 2 aromatic carbocycles. The standard InChI is InChI=1S/C30H33N5O2/c1-19-28(34(4)33-32-19)25-17-27-24(18-31-25)23-11-10-22(30(2,3)36)16-26(23)35(27)29(20-8-6-5-7-9-20)21-12-14-37-15-13-21/h5-11,16-18,21,29,36H,12-15H2,1-4H3. The van der Waals surface area contributed by atoms with Crippen LogP contribution in [0.1, 0.15) is 49.6 Å². The van der Waals surface area contributed by atoms with Gasteiger partial charge in [-0.1, -0.05) is 47.7 Å². The summed E-state index contributed by atoms with van der Waals surface area (Å²) in [4.78, 5) is 4.87. The molecule has 7 heteroatoms. The summed E-state index contributed by atoms with van der Waals surface area (Å²) >= 11 is 0. The Hall–Kier alpha value is -3.55. The van der Waals surface area contributed by atoms with Gasteiger partial charge in [0.1, 0.15) is 5.69 Å². The Kier molecular flexibility index (Phi) is 5.85. The van der Waals surface area contributed by atoms with Gasteiger partial charge in [0.15, 0.2) is 0 Å². The van der Waals surface area contributed by atoms with E-state index in [1.807, 2.05) is 40.1 Å². The fraction of sp³-hybridized carbons (Fsp3) is 0.367. The average molecular weight is 496 g/mol. The normalized spacial score (nSPS) is 16.0. The molecule has 1 saturated heterocycles. The van der Waals surface area contributed by atoms with Crippen molar-refractivity contribution in [2.45, 2.75) is 45.3 Å². The van der Waals surface area contributed by atoms with Gasteiger partial charge < -0.3 is 14.4 Å². The van der Waals surface area contributed by atoms with Crippen LogP contribution in [0.25, 0.3) is 33.2 Å². The maximum atomic E-state index is 10.9. The van der Waals surface area contributed by atoms with Gasteiger partial charge in [-0.2, -0.15) is 0 Å². The van der Waals surface area contributed by atoms with Crippen LogP contribution in [0.5, 0.6) is 0 Å². The average Bonchev–Trinajstić information content (AvgIpc) is 3.40. The molecular formula is C30H33N5O2. The summed E-state index contributed by atoms with van der Waals surface area (Å²) in [6.45, 7) is 7.19. The first-order chi connectivity index (χ1) is 17.8. The number of rotatable bonds is 5. The Morgan fingerprint density at radius 3 is 2.41 bits per heavy atom. The van der Waals surface area contributed by atoms with Crippen molar-refractivity contribution in [1.82, 2.24) is 24.5 Å². The van der Waals surface area contributed by atoms with E-state index in [1.54, 1.807) is 4.68 Å². The van der Waals surface area contributed by atoms with Gasteiger partial charge >= 0.3 is 0 Å². The smallest absolute Gasteiger partial charge is 0.110 e. The Labute approximate surface area is 216 Å². The van der Waals surface area contributed by atoms with Crippen LogP contribution in [-0.4, -0.2) is 42.9 Å². The molecule has 0 aliphatic carbocycles. The Morgan fingerprint density at radius 2 is 1.73 bits per heavy atom. The monoisotopic (exact) mass is 495 g/mol. The summed E-state index contributed by atoms with van der Waals surface area (Å²) in [6, 6.07) is 19.4. The van der Waals surface area contributed by atoms with E-state index in [0.29, 0.717) is 5.92 Å². The highest BCUT2D eigenvalue weighted by Crippen LogP contribution is 2.42. The van der Waals surface area contributed by atoms with Gasteiger partial charge in [0.2, 0.25) is 0 Å². The number of hydrogen-bond acceptors (Lipinski definition) is 5. The fourth-order valence-electron chi connectivity index (χ4n) is 5.88. The van der Waals surface area contributed by atoms with Gasteiger partial charge in [-0.3, -0.25) is 4.98 Å². The zero-order valence-electron chi connectivity index (χ0n) is 21.8. The highest BCUT2D eigenvalue weighted by molar-refractivity contribution is 6.08. The highest BCUT2D eigenvalue weighted by atomic mass is 16.5. The second kappa shape index (κ2) is 9.08. The lowest BCUT2D eigenvalue weighted by atomic mass is 9.86. The number of hydrogen-bond donors (Lipinski definition) is 1. The molecule has 4 heterocycles. The van der Waals surface area contributed by atoms with Crippen molar-refractivity contribution in [1.29, 1.82) is 0 Å². The lowest BCUT2D eigenvalue weighted by Crippen LogP contribution is -2.27. The lowest BCUT2D eigenvalue weighted by Gasteiger charge is -2.33. The Balaban J connectivity index is 1.69. The van der Waals surface area contributed by atoms with Crippen LogP contribution in [-0.2, 0) is 17.4 Å². The Bertz CT molecular complexity index is 1550. The molecule has 1 unspecified atom stereocenters. The van der Waals surface area contributed by atoms with Crippen molar-refractivity contribution in [3.05, 3.63) is 77.6 Å². The molecule has 1 atom stereocenters. The summed E-state index contributed by atoms with van der Waals surface area (Å²) in [6.07, 6.45) is 3.97. The van der Waals surface area contributed by atoms with Crippen LogP contribution in [0.2, 0.25) is 0 Å². The quantitative estimate of drug-likeness (QED) is 0.347. The van der Waals surface area contributed by atoms with Crippen LogP contribution in [0.15, 0.2) is 60.8 Å². The van der Waals surface area contributed by atoms with Crippen LogP contribution >= 0.6 is 0 Å². The van der Waals surface area contributed by atoms with Crippen molar-refractivity contribution in [3.8, 4) is 11.4 Å². The number of aryl methyl sites for hydroxylation is 2. The minimum atomic E-state index is -0.947. The van der Waals surface area contributed by atoms with E-state index < -0.39 is 5.60 Å². The first-order valence-corrected chi connectivity index (χ1v) is 13.0. The summed E-state index contributed by atoms with van der Waals surface area (Å²) < 4.78 is 10.0. The van der Waals surface area contributed by atoms with Crippen LogP contribution < -0.4 is 0 Å². The number of aromatic nitrogens is 5. The number of ether oxygens (including phenoxy) is 1. The van der Waals surface area contributed by atoms with Gasteiger partial charge in [-0.25, -0.2) is 4.68 Å². The minimum Gasteiger partial charge on any atom is -0.386 e. The predicted molar refractivity (Wildman–Crippen MR) is 145 cm³/mol. The second-order valence-corrected chi connectivity index (χ2v) is 10.7. The topological polar surface area (TPSA) is 78.0 Å². The SMILES string of the molecule is Cc1nnn(C)c1-c1cc2c(cn1)c1ccc(C(C)(C)O)cc1n2C(c1ccccc1)C1CCOCC1. The van der Waals surface area contributed by atoms with E-state index in [1.165, 1.54) is 5.56 Å². The Morgan fingerprint density at radius 1 is 1.00 bits per heavy atom. The third kappa shape index (κ3) is 4.12. The molecule has 0 amide bonds. The molecular weight excluding hydrogens is 462 g/mol. The molecule has 0 bridgehead atoms. The fourth-order valence-corrected chi connectivity index (χ4v) is 5.88. The van der Waals surface area contributed by atoms with E-state index in [2.05, 4.69) is 63.4 Å². The van der Waals surface area contributed by atoms with E-state index >= 15 is 0 Å². The zero-order valence-corrected chi connectivity index (χ0v) is 21.8. The summed E-state index contributed by atoms with van der Waals surface area (Å²) in [7, 11) is 1.90. The van der Waals surface area contributed by atoms with Gasteiger partial charge in [0.05, 0.1) is 34.1 Å². The van der Waals surface area contributed by atoms with E-state index in [4.69, 9.17) is 9.72 Å². The number of benzene rings is 2. The van der Waals surface area contributed by atoms with Crippen molar-refractivity contribution in [2.24, 2.45) is 13.0 Å². The molecule has 0 spiro atoms. The summed E-state index contributed by atoms with van der Waals surface area (Å²) in [5, 5.41) is 21.6. The zero-order chi connectivity index (χ0) is 25.7. The molecule has 1 aliphatic rings. The van der Waals surface area contributed by atoms with Crippen LogP contribution in [0.4, 0.5) is 0 Å². The first-order valence-electron chi connectivity index (χ1n) is 13.0. The third-order valence-corrected chi connectivity index (χ3v) is 7.77. The molecule has 0 saturated carbocycles. The molecule has 1 fully saturated rings. The lowest BCUT2D eigenvalue weighted by molar-refractivity contribution is 0.0552. The van der Waals surface area contributed by atoms with E-state index in [0.717, 1.165) is 70.5 Å². The van der Waals surface area contributed by atoms with Crippen LogP contribution in [0, 0.1) is 12.8 Å². The largest absolute Gasteiger partial charge is 0.386 e. The molecule has 1 aliphatic heterocycles. The minimum absolute atomic E-state index is 0.114. The third-order valence-electron chi connectivity index (χ3n) is 7.77. The first kappa shape index (κ1) is 23.8. The van der Waals surface area contributed by atoms with Crippen LogP contribution in [0.3, 0.4) is 0 Å². The number of aliphatic hydroxyl groups is 1.